The normalized spacial score (nSPS) is 11.7. The average Bonchev–Trinajstić information content (AvgIpc) is 2.55. The third-order valence-electron chi connectivity index (χ3n) is 3.79. The summed E-state index contributed by atoms with van der Waals surface area (Å²) in [4.78, 5) is 37.7. The summed E-state index contributed by atoms with van der Waals surface area (Å²) in [6, 6.07) is 0.324. The third kappa shape index (κ3) is 5.48. The Bertz CT molecular complexity index is 817. The van der Waals surface area contributed by atoms with Gasteiger partial charge in [-0.05, 0) is 6.07 Å². The second kappa shape index (κ2) is 8.13. The molecule has 1 rings (SSSR count). The highest BCUT2D eigenvalue weighted by Crippen LogP contribution is 2.42. The maximum absolute atomic E-state index is 13.4. The number of benzene rings is 1. The Balaban J connectivity index is 3.82. The molecule has 0 aliphatic carbocycles. The summed E-state index contributed by atoms with van der Waals surface area (Å²) >= 11 is 0. The fraction of sp³-hybridized carbons (Fsp3) is 0.529. The van der Waals surface area contributed by atoms with Crippen LogP contribution >= 0.6 is 0 Å². The van der Waals surface area contributed by atoms with E-state index in [1.165, 1.54) is 28.2 Å². The van der Waals surface area contributed by atoms with Gasteiger partial charge in [-0.15, -0.1) is 0 Å². The van der Waals surface area contributed by atoms with Crippen molar-refractivity contribution in [3.8, 4) is 0 Å². The summed E-state index contributed by atoms with van der Waals surface area (Å²) in [5.74, 6) is -0.659. The van der Waals surface area contributed by atoms with Crippen molar-refractivity contribution in [1.29, 1.82) is 0 Å². The molecule has 1 N–H and O–H groups in total. The van der Waals surface area contributed by atoms with Gasteiger partial charge in [-0.3, -0.25) is 20.3 Å². The van der Waals surface area contributed by atoms with Crippen LogP contribution in [0.1, 0.15) is 26.3 Å². The zero-order chi connectivity index (χ0) is 22.9. The zero-order valence-corrected chi connectivity index (χ0v) is 17.2. The van der Waals surface area contributed by atoms with E-state index in [-0.39, 0.29) is 0 Å². The Hall–Kier alpha value is -3.05. The third-order valence-corrected chi connectivity index (χ3v) is 3.79. The minimum Gasteiger partial charge on any atom is -0.377 e. The van der Waals surface area contributed by atoms with E-state index in [0.29, 0.717) is 11.1 Å². The molecule has 0 aliphatic rings. The molecule has 3 amide bonds. The van der Waals surface area contributed by atoms with E-state index in [4.69, 9.17) is 0 Å². The molecule has 12 heteroatoms. The molecule has 0 spiro atoms. The van der Waals surface area contributed by atoms with Crippen molar-refractivity contribution in [2.75, 3.05) is 38.1 Å². The summed E-state index contributed by atoms with van der Waals surface area (Å²) in [6.07, 6.45) is -4.87. The first kappa shape index (κ1) is 24.0. The summed E-state index contributed by atoms with van der Waals surface area (Å²) in [6.45, 7) is 4.65. The van der Waals surface area contributed by atoms with E-state index >= 15 is 0 Å². The van der Waals surface area contributed by atoms with Crippen molar-refractivity contribution in [1.82, 2.24) is 10.3 Å². The number of hydrogen-bond donors (Lipinski definition) is 1. The lowest BCUT2D eigenvalue weighted by molar-refractivity contribution is -0.384. The number of hydrazine groups is 1. The fourth-order valence-corrected chi connectivity index (χ4v) is 2.17. The minimum atomic E-state index is -4.87. The maximum atomic E-state index is 13.4. The topological polar surface area (TPSA) is 99.0 Å². The minimum absolute atomic E-state index is 0.351. The van der Waals surface area contributed by atoms with Crippen LogP contribution in [0.25, 0.3) is 0 Å². The van der Waals surface area contributed by atoms with E-state index in [2.05, 4.69) is 5.43 Å². The van der Waals surface area contributed by atoms with E-state index in [0.717, 1.165) is 15.9 Å². The van der Waals surface area contributed by atoms with Crippen LogP contribution in [-0.4, -0.2) is 50.0 Å². The Kier molecular flexibility index (Phi) is 6.73. The van der Waals surface area contributed by atoms with Crippen LogP contribution in [0.2, 0.25) is 0 Å². The number of nitrogens with one attached hydrogen (secondary N) is 1. The van der Waals surface area contributed by atoms with Crippen molar-refractivity contribution in [3.63, 3.8) is 0 Å². The van der Waals surface area contributed by atoms with Crippen LogP contribution in [0.5, 0.6) is 0 Å². The van der Waals surface area contributed by atoms with Crippen LogP contribution in [0.4, 0.5) is 35.0 Å². The summed E-state index contributed by atoms with van der Waals surface area (Å²) in [7, 11) is 5.32. The molecule has 0 saturated heterocycles. The highest BCUT2D eigenvalue weighted by molar-refractivity contribution is 5.98. The molecule has 0 atom stereocenters. The highest BCUT2D eigenvalue weighted by Gasteiger charge is 2.39. The average molecular weight is 419 g/mol. The molecular formula is C17H24F3N5O4. The monoisotopic (exact) mass is 419 g/mol. The molecule has 1 aromatic rings. The molecule has 162 valence electrons. The van der Waals surface area contributed by atoms with Crippen LogP contribution in [0, 0.1) is 15.5 Å². The van der Waals surface area contributed by atoms with Crippen LogP contribution < -0.4 is 15.3 Å². The van der Waals surface area contributed by atoms with Gasteiger partial charge in [0.1, 0.15) is 5.69 Å². The molecule has 9 nitrogen and oxygen atoms in total. The van der Waals surface area contributed by atoms with E-state index in [1.54, 1.807) is 20.8 Å². The lowest BCUT2D eigenvalue weighted by Crippen LogP contribution is -2.53. The number of urea groups is 1. The molecule has 0 aromatic heterocycles. The Morgan fingerprint density at radius 2 is 1.55 bits per heavy atom. The first-order valence-electron chi connectivity index (χ1n) is 8.38. The molecule has 0 bridgehead atoms. The van der Waals surface area contributed by atoms with E-state index < -0.39 is 51.1 Å². The second-order valence-electron chi connectivity index (χ2n) is 7.71. The largest absolute Gasteiger partial charge is 0.418 e. The molecule has 0 heterocycles. The lowest BCUT2D eigenvalue weighted by atomic mass is 9.96. The van der Waals surface area contributed by atoms with Crippen LogP contribution in [0.15, 0.2) is 12.1 Å². The number of carbonyl (C=O) groups excluding carboxylic acids is 2. The first-order chi connectivity index (χ1) is 13.0. The number of anilines is 2. The van der Waals surface area contributed by atoms with Gasteiger partial charge in [0.15, 0.2) is 0 Å². The number of carbonyl (C=O) groups is 2. The number of alkyl halides is 3. The Morgan fingerprint density at radius 1 is 1.03 bits per heavy atom. The van der Waals surface area contributed by atoms with E-state index in [1.807, 2.05) is 0 Å². The van der Waals surface area contributed by atoms with Gasteiger partial charge in [0.2, 0.25) is 5.91 Å². The smallest absolute Gasteiger partial charge is 0.377 e. The number of halogens is 3. The molecule has 0 saturated carbocycles. The molecule has 0 radical (unpaired) electrons. The van der Waals surface area contributed by atoms with E-state index in [9.17, 15) is 32.9 Å². The van der Waals surface area contributed by atoms with Crippen LogP contribution in [0.3, 0.4) is 0 Å². The zero-order valence-electron chi connectivity index (χ0n) is 17.2. The van der Waals surface area contributed by atoms with Gasteiger partial charge < -0.3 is 9.80 Å². The van der Waals surface area contributed by atoms with Gasteiger partial charge in [0.25, 0.3) is 5.69 Å². The summed E-state index contributed by atoms with van der Waals surface area (Å²) < 4.78 is 40.3. The number of amides is 3. The van der Waals surface area contributed by atoms with Crippen molar-refractivity contribution in [2.45, 2.75) is 26.9 Å². The molecule has 1 aromatic carbocycles. The predicted molar refractivity (Wildman–Crippen MR) is 102 cm³/mol. The maximum Gasteiger partial charge on any atom is 0.418 e. The highest BCUT2D eigenvalue weighted by atomic mass is 19.4. The van der Waals surface area contributed by atoms with Gasteiger partial charge in [0, 0.05) is 39.7 Å². The van der Waals surface area contributed by atoms with Gasteiger partial charge in [0.05, 0.1) is 16.2 Å². The molecular weight excluding hydrogens is 395 g/mol. The van der Waals surface area contributed by atoms with Gasteiger partial charge in [-0.25, -0.2) is 4.79 Å². The van der Waals surface area contributed by atoms with Gasteiger partial charge in [-0.2, -0.15) is 18.2 Å². The molecule has 0 aliphatic heterocycles. The standard InChI is InChI=1S/C17H24F3N5O4/c1-16(2,3)14(26)21-24(15(27)23(6)7)12-9-11(22(4)5)10(17(18,19)20)8-13(12)25(28)29/h8-9H,1-7H3,(H,21,26). The predicted octanol–water partition coefficient (Wildman–Crippen LogP) is 3.24. The SMILES string of the molecule is CN(C)C(=O)N(NC(=O)C(C)(C)C)c1cc(N(C)C)c(C(F)(F)F)cc1[N+](=O)[O-]. The molecule has 0 fully saturated rings. The number of nitro benzene ring substituents is 1. The fourth-order valence-electron chi connectivity index (χ4n) is 2.17. The molecule has 29 heavy (non-hydrogen) atoms. The quantitative estimate of drug-likeness (QED) is 0.599. The summed E-state index contributed by atoms with van der Waals surface area (Å²) in [5.41, 5.74) is -1.82. The number of nitro groups is 1. The number of rotatable bonds is 3. The lowest BCUT2D eigenvalue weighted by Gasteiger charge is -2.30. The van der Waals surface area contributed by atoms with Crippen LogP contribution in [-0.2, 0) is 11.0 Å². The van der Waals surface area contributed by atoms with Gasteiger partial charge in [-0.1, -0.05) is 20.8 Å². The van der Waals surface area contributed by atoms with Crippen molar-refractivity contribution >= 4 is 29.0 Å². The first-order valence-corrected chi connectivity index (χ1v) is 8.38. The number of hydrogen-bond acceptors (Lipinski definition) is 5. The Morgan fingerprint density at radius 3 is 1.90 bits per heavy atom. The Labute approximate surface area is 166 Å². The summed E-state index contributed by atoms with van der Waals surface area (Å²) in [5, 5.41) is 12.1. The van der Waals surface area contributed by atoms with Crippen molar-refractivity contribution in [2.24, 2.45) is 5.41 Å². The van der Waals surface area contributed by atoms with Crippen molar-refractivity contribution in [3.05, 3.63) is 27.8 Å². The van der Waals surface area contributed by atoms with Crippen molar-refractivity contribution < 1.29 is 27.7 Å². The molecule has 0 unspecified atom stereocenters. The van der Waals surface area contributed by atoms with Gasteiger partial charge >= 0.3 is 12.2 Å². The second-order valence-corrected chi connectivity index (χ2v) is 7.71. The number of nitrogens with zero attached hydrogens (tertiary/aromatic N) is 4.